The summed E-state index contributed by atoms with van der Waals surface area (Å²) in [7, 11) is 0. The van der Waals surface area contributed by atoms with Gasteiger partial charge in [0.15, 0.2) is 0 Å². The van der Waals surface area contributed by atoms with Crippen LogP contribution < -0.4 is 0 Å². The first-order valence-corrected chi connectivity index (χ1v) is 9.13. The summed E-state index contributed by atoms with van der Waals surface area (Å²) >= 11 is 6.01. The molecule has 0 fully saturated rings. The van der Waals surface area contributed by atoms with E-state index in [-0.39, 0.29) is 10.6 Å². The van der Waals surface area contributed by atoms with Crippen molar-refractivity contribution in [1.29, 1.82) is 0 Å². The van der Waals surface area contributed by atoms with Crippen molar-refractivity contribution in [2.24, 2.45) is 4.99 Å². The van der Waals surface area contributed by atoms with Crippen molar-refractivity contribution < 1.29 is 9.90 Å². The Balaban J connectivity index is 1.91. The monoisotopic (exact) mass is 380 g/mol. The molecule has 0 atom stereocenters. The highest BCUT2D eigenvalue weighted by molar-refractivity contribution is 6.33. The number of aromatic nitrogens is 1. The Morgan fingerprint density at radius 3 is 2.44 bits per heavy atom. The van der Waals surface area contributed by atoms with E-state index in [2.05, 4.69) is 60.7 Å². The number of aryl methyl sites for hydroxylation is 2. The van der Waals surface area contributed by atoms with Crippen LogP contribution in [0.4, 0.5) is 5.69 Å². The number of halogens is 1. The van der Waals surface area contributed by atoms with Crippen LogP contribution in [0.25, 0.3) is 5.69 Å². The van der Waals surface area contributed by atoms with Gasteiger partial charge in [-0.1, -0.05) is 30.7 Å². The van der Waals surface area contributed by atoms with E-state index in [0.717, 1.165) is 29.1 Å². The molecule has 3 aromatic rings. The van der Waals surface area contributed by atoms with Crippen molar-refractivity contribution in [2.45, 2.75) is 27.2 Å². The summed E-state index contributed by atoms with van der Waals surface area (Å²) in [6.07, 6.45) is 2.80. The van der Waals surface area contributed by atoms with Crippen LogP contribution in [0.1, 0.15) is 39.8 Å². The summed E-state index contributed by atoms with van der Waals surface area (Å²) < 4.78 is 2.20. The Hall–Kier alpha value is -2.85. The molecule has 0 unspecified atom stereocenters. The van der Waals surface area contributed by atoms with Crippen molar-refractivity contribution >= 4 is 29.5 Å². The van der Waals surface area contributed by atoms with E-state index in [9.17, 15) is 4.79 Å². The fourth-order valence-electron chi connectivity index (χ4n) is 3.10. The van der Waals surface area contributed by atoms with Gasteiger partial charge in [-0.2, -0.15) is 0 Å². The van der Waals surface area contributed by atoms with Crippen LogP contribution in [0.2, 0.25) is 5.02 Å². The largest absolute Gasteiger partial charge is 0.478 e. The van der Waals surface area contributed by atoms with E-state index >= 15 is 0 Å². The molecule has 0 spiro atoms. The lowest BCUT2D eigenvalue weighted by molar-refractivity contribution is 0.0697. The maximum absolute atomic E-state index is 11.0. The molecule has 0 saturated carbocycles. The second-order valence-electron chi connectivity index (χ2n) is 6.41. The van der Waals surface area contributed by atoms with Gasteiger partial charge in [-0.15, -0.1) is 0 Å². The first-order chi connectivity index (χ1) is 12.9. The number of nitrogens with zero attached hydrogens (tertiary/aromatic N) is 2. The minimum absolute atomic E-state index is 0.0734. The number of rotatable bonds is 5. The van der Waals surface area contributed by atoms with Gasteiger partial charge in [0.05, 0.1) is 16.3 Å². The summed E-state index contributed by atoms with van der Waals surface area (Å²) in [5.41, 5.74) is 6.34. The molecule has 3 rings (SSSR count). The molecule has 0 amide bonds. The predicted molar refractivity (Wildman–Crippen MR) is 110 cm³/mol. The molecule has 4 nitrogen and oxygen atoms in total. The van der Waals surface area contributed by atoms with Crippen LogP contribution >= 0.6 is 11.6 Å². The van der Waals surface area contributed by atoms with Crippen LogP contribution in [0.15, 0.2) is 53.5 Å². The van der Waals surface area contributed by atoms with Gasteiger partial charge in [0, 0.05) is 28.9 Å². The van der Waals surface area contributed by atoms with Gasteiger partial charge in [-0.3, -0.25) is 4.99 Å². The van der Waals surface area contributed by atoms with Crippen molar-refractivity contribution in [3.63, 3.8) is 0 Å². The maximum Gasteiger partial charge on any atom is 0.337 e. The lowest BCUT2D eigenvalue weighted by Crippen LogP contribution is -1.99. The minimum Gasteiger partial charge on any atom is -0.478 e. The van der Waals surface area contributed by atoms with E-state index in [0.29, 0.717) is 5.69 Å². The standard InChI is InChI=1S/C22H21ClN2O2/c1-4-16-5-8-19(9-6-16)25-14(2)11-17(15(25)3)13-24-18-7-10-20(22(26)27)21(23)12-18/h5-13H,4H2,1-3H3,(H,26,27). The number of aliphatic imine (C=N–C) groups is 1. The van der Waals surface area contributed by atoms with Gasteiger partial charge in [0.1, 0.15) is 0 Å². The Kier molecular flexibility index (Phi) is 5.47. The fourth-order valence-corrected chi connectivity index (χ4v) is 3.35. The van der Waals surface area contributed by atoms with Gasteiger partial charge >= 0.3 is 5.97 Å². The highest BCUT2D eigenvalue weighted by Gasteiger charge is 2.10. The van der Waals surface area contributed by atoms with Crippen molar-refractivity contribution in [3.8, 4) is 5.69 Å². The zero-order valence-electron chi connectivity index (χ0n) is 15.5. The molecule has 0 bridgehead atoms. The summed E-state index contributed by atoms with van der Waals surface area (Å²) in [4.78, 5) is 15.5. The minimum atomic E-state index is -1.05. The summed E-state index contributed by atoms with van der Waals surface area (Å²) in [6, 6.07) is 15.3. The predicted octanol–water partition coefficient (Wildman–Crippen LogP) is 5.76. The molecule has 0 aliphatic carbocycles. The molecule has 2 aromatic carbocycles. The molecule has 0 aliphatic rings. The highest BCUT2D eigenvalue weighted by Crippen LogP contribution is 2.24. The third-order valence-corrected chi connectivity index (χ3v) is 4.92. The second-order valence-corrected chi connectivity index (χ2v) is 6.82. The van der Waals surface area contributed by atoms with Crippen LogP contribution in [0, 0.1) is 13.8 Å². The molecule has 0 aliphatic heterocycles. The van der Waals surface area contributed by atoms with Gasteiger partial charge in [0.25, 0.3) is 0 Å². The molecule has 1 heterocycles. The molecule has 0 radical (unpaired) electrons. The number of hydrogen-bond acceptors (Lipinski definition) is 2. The third kappa shape index (κ3) is 3.96. The number of benzene rings is 2. The van der Waals surface area contributed by atoms with Crippen molar-refractivity contribution in [3.05, 3.63) is 81.6 Å². The van der Waals surface area contributed by atoms with Gasteiger partial charge in [-0.05, 0) is 62.2 Å². The molecule has 27 heavy (non-hydrogen) atoms. The van der Waals surface area contributed by atoms with E-state index in [1.54, 1.807) is 18.3 Å². The number of carboxylic acid groups (broad SMARTS) is 1. The molecular weight excluding hydrogens is 360 g/mol. The van der Waals surface area contributed by atoms with Crippen LogP contribution in [0.3, 0.4) is 0 Å². The number of hydrogen-bond donors (Lipinski definition) is 1. The highest BCUT2D eigenvalue weighted by atomic mass is 35.5. The number of carbonyl (C=O) groups is 1. The second kappa shape index (κ2) is 7.80. The molecule has 1 N–H and O–H groups in total. The zero-order valence-corrected chi connectivity index (χ0v) is 16.3. The smallest absolute Gasteiger partial charge is 0.337 e. The Morgan fingerprint density at radius 1 is 1.15 bits per heavy atom. The van der Waals surface area contributed by atoms with Gasteiger partial charge in [-0.25, -0.2) is 4.79 Å². The van der Waals surface area contributed by atoms with Gasteiger partial charge in [0.2, 0.25) is 0 Å². The maximum atomic E-state index is 11.0. The molecule has 138 valence electrons. The van der Waals surface area contributed by atoms with E-state index in [1.165, 1.54) is 11.6 Å². The van der Waals surface area contributed by atoms with Crippen LogP contribution in [0.5, 0.6) is 0 Å². The average Bonchev–Trinajstić information content (AvgIpc) is 2.93. The third-order valence-electron chi connectivity index (χ3n) is 4.61. The summed E-state index contributed by atoms with van der Waals surface area (Å²) in [5.74, 6) is -1.05. The van der Waals surface area contributed by atoms with Crippen molar-refractivity contribution in [2.75, 3.05) is 0 Å². The Morgan fingerprint density at radius 2 is 1.85 bits per heavy atom. The van der Waals surface area contributed by atoms with Crippen LogP contribution in [-0.2, 0) is 6.42 Å². The zero-order chi connectivity index (χ0) is 19.6. The summed E-state index contributed by atoms with van der Waals surface area (Å²) in [6.45, 7) is 6.27. The first-order valence-electron chi connectivity index (χ1n) is 8.76. The van der Waals surface area contributed by atoms with E-state index in [1.807, 2.05) is 0 Å². The first kappa shape index (κ1) is 18.9. The van der Waals surface area contributed by atoms with E-state index in [4.69, 9.17) is 16.7 Å². The Bertz CT molecular complexity index is 1020. The number of aromatic carboxylic acids is 1. The van der Waals surface area contributed by atoms with Gasteiger partial charge < -0.3 is 9.67 Å². The molecule has 0 saturated heterocycles. The van der Waals surface area contributed by atoms with E-state index < -0.39 is 5.97 Å². The molecule has 5 heteroatoms. The lowest BCUT2D eigenvalue weighted by atomic mass is 10.1. The fraction of sp³-hybridized carbons (Fsp3) is 0.182. The number of carboxylic acids is 1. The molecular formula is C22H21ClN2O2. The molecule has 1 aromatic heterocycles. The average molecular weight is 381 g/mol. The SMILES string of the molecule is CCc1ccc(-n2c(C)cc(C=Nc3ccc(C(=O)O)c(Cl)c3)c2C)cc1. The normalized spacial score (nSPS) is 11.3. The lowest BCUT2D eigenvalue weighted by Gasteiger charge is -2.10. The quantitative estimate of drug-likeness (QED) is 0.572. The van der Waals surface area contributed by atoms with Crippen molar-refractivity contribution in [1.82, 2.24) is 4.57 Å². The Labute approximate surface area is 163 Å². The van der Waals surface area contributed by atoms with Crippen LogP contribution in [-0.4, -0.2) is 21.9 Å². The summed E-state index contributed by atoms with van der Waals surface area (Å²) in [5, 5.41) is 9.23. The topological polar surface area (TPSA) is 54.6 Å².